The molecule has 0 saturated heterocycles. The lowest BCUT2D eigenvalue weighted by Gasteiger charge is -2.25. The number of carbonyl (C=O) groups is 1. The number of benzene rings is 1. The summed E-state index contributed by atoms with van der Waals surface area (Å²) in [5, 5.41) is 9.20. The van der Waals surface area contributed by atoms with E-state index in [2.05, 4.69) is 0 Å². The number of fused-ring (bicyclic) bond motifs is 1. The zero-order valence-corrected chi connectivity index (χ0v) is 10.00. The molecule has 0 atom stereocenters. The smallest absolute Gasteiger partial charge is 0.336 e. The van der Waals surface area contributed by atoms with Crippen LogP contribution in [-0.2, 0) is 15.9 Å². The highest BCUT2D eigenvalue weighted by Crippen LogP contribution is 2.47. The summed E-state index contributed by atoms with van der Waals surface area (Å²) in [6.07, 6.45) is 0. The molecule has 1 aromatic carbocycles. The van der Waals surface area contributed by atoms with Gasteiger partial charge in [0.05, 0.1) is 16.8 Å². The van der Waals surface area contributed by atoms with Crippen molar-refractivity contribution in [2.45, 2.75) is 38.9 Å². The van der Waals surface area contributed by atoms with Gasteiger partial charge >= 0.3 is 5.97 Å². The molecular weight excluding hydrogens is 204 g/mol. The maximum Gasteiger partial charge on any atom is 0.336 e. The summed E-state index contributed by atoms with van der Waals surface area (Å²) in [5.74, 6) is -0.897. The normalized spacial score (nSPS) is 20.5. The van der Waals surface area contributed by atoms with Crippen LogP contribution in [0.1, 0.15) is 49.2 Å². The minimum absolute atomic E-state index is 0.341. The molecule has 0 aliphatic carbocycles. The Morgan fingerprint density at radius 1 is 1.19 bits per heavy atom. The highest BCUT2D eigenvalue weighted by atomic mass is 16.5. The van der Waals surface area contributed by atoms with E-state index in [1.54, 1.807) is 12.1 Å². The van der Waals surface area contributed by atoms with E-state index in [4.69, 9.17) is 4.74 Å². The fourth-order valence-electron chi connectivity index (χ4n) is 2.62. The van der Waals surface area contributed by atoms with Crippen LogP contribution < -0.4 is 0 Å². The molecule has 1 aromatic rings. The van der Waals surface area contributed by atoms with Crippen LogP contribution in [0.15, 0.2) is 18.2 Å². The van der Waals surface area contributed by atoms with E-state index in [1.165, 1.54) is 0 Å². The summed E-state index contributed by atoms with van der Waals surface area (Å²) in [4.78, 5) is 11.2. The number of hydrogen-bond acceptors (Lipinski definition) is 2. The lowest BCUT2D eigenvalue weighted by molar-refractivity contribution is -0.105. The van der Waals surface area contributed by atoms with Crippen LogP contribution in [0.4, 0.5) is 0 Å². The average molecular weight is 220 g/mol. The van der Waals surface area contributed by atoms with Crippen molar-refractivity contribution in [2.75, 3.05) is 0 Å². The van der Waals surface area contributed by atoms with Gasteiger partial charge in [-0.05, 0) is 39.3 Å². The van der Waals surface area contributed by atoms with E-state index in [-0.39, 0.29) is 0 Å². The monoisotopic (exact) mass is 220 g/mol. The number of carboxylic acids is 1. The molecule has 0 bridgehead atoms. The number of aromatic carboxylic acids is 1. The first-order valence-corrected chi connectivity index (χ1v) is 5.33. The van der Waals surface area contributed by atoms with E-state index >= 15 is 0 Å². The summed E-state index contributed by atoms with van der Waals surface area (Å²) < 4.78 is 5.93. The Balaban J connectivity index is 2.76. The van der Waals surface area contributed by atoms with Gasteiger partial charge in [-0.3, -0.25) is 0 Å². The van der Waals surface area contributed by atoms with E-state index in [0.717, 1.165) is 11.1 Å². The summed E-state index contributed by atoms with van der Waals surface area (Å²) in [5.41, 5.74) is 1.14. The van der Waals surface area contributed by atoms with Gasteiger partial charge in [-0.15, -0.1) is 0 Å². The van der Waals surface area contributed by atoms with Crippen LogP contribution in [0.2, 0.25) is 0 Å². The molecule has 3 nitrogen and oxygen atoms in total. The molecule has 1 aliphatic rings. The molecule has 0 fully saturated rings. The Labute approximate surface area is 95.0 Å². The van der Waals surface area contributed by atoms with E-state index in [0.29, 0.717) is 5.56 Å². The molecule has 3 heteroatoms. The maximum atomic E-state index is 11.2. The molecule has 0 amide bonds. The highest BCUT2D eigenvalue weighted by Gasteiger charge is 2.45. The maximum absolute atomic E-state index is 11.2. The van der Waals surface area contributed by atoms with Crippen molar-refractivity contribution in [3.8, 4) is 0 Å². The third-order valence-electron chi connectivity index (χ3n) is 3.06. The van der Waals surface area contributed by atoms with Gasteiger partial charge in [0.25, 0.3) is 0 Å². The Morgan fingerprint density at radius 2 is 1.81 bits per heavy atom. The summed E-state index contributed by atoms with van der Waals surface area (Å²) >= 11 is 0. The summed E-state index contributed by atoms with van der Waals surface area (Å²) in [6, 6.07) is 5.35. The predicted octanol–water partition coefficient (Wildman–Crippen LogP) is 2.89. The molecule has 0 saturated carbocycles. The topological polar surface area (TPSA) is 46.5 Å². The molecule has 0 radical (unpaired) electrons. The number of ether oxygens (including phenoxy) is 1. The zero-order valence-electron chi connectivity index (χ0n) is 10.00. The van der Waals surface area contributed by atoms with Gasteiger partial charge in [0.15, 0.2) is 0 Å². The first-order chi connectivity index (χ1) is 7.26. The van der Waals surface area contributed by atoms with Crippen molar-refractivity contribution in [3.05, 3.63) is 34.9 Å². The lowest BCUT2D eigenvalue weighted by atomic mass is 9.87. The van der Waals surface area contributed by atoms with Crippen molar-refractivity contribution in [2.24, 2.45) is 0 Å². The summed E-state index contributed by atoms with van der Waals surface area (Å²) in [7, 11) is 0. The third kappa shape index (κ3) is 1.43. The van der Waals surface area contributed by atoms with Crippen LogP contribution in [0.5, 0.6) is 0 Å². The van der Waals surface area contributed by atoms with E-state index in [9.17, 15) is 9.90 Å². The van der Waals surface area contributed by atoms with Crippen molar-refractivity contribution < 1.29 is 14.6 Å². The van der Waals surface area contributed by atoms with Crippen molar-refractivity contribution >= 4 is 5.97 Å². The first-order valence-electron chi connectivity index (χ1n) is 5.33. The fourth-order valence-corrected chi connectivity index (χ4v) is 2.62. The quantitative estimate of drug-likeness (QED) is 0.791. The van der Waals surface area contributed by atoms with E-state index < -0.39 is 17.2 Å². The second-order valence-electron chi connectivity index (χ2n) is 5.16. The van der Waals surface area contributed by atoms with Crippen LogP contribution in [0, 0.1) is 0 Å². The van der Waals surface area contributed by atoms with Gasteiger partial charge in [-0.25, -0.2) is 4.79 Å². The Morgan fingerprint density at radius 3 is 2.38 bits per heavy atom. The summed E-state index contributed by atoms with van der Waals surface area (Å²) in [6.45, 7) is 7.75. The van der Waals surface area contributed by atoms with Crippen molar-refractivity contribution in [1.82, 2.24) is 0 Å². The van der Waals surface area contributed by atoms with E-state index in [1.807, 2.05) is 33.8 Å². The molecule has 16 heavy (non-hydrogen) atoms. The second-order valence-corrected chi connectivity index (χ2v) is 5.16. The molecule has 86 valence electrons. The fraction of sp³-hybridized carbons (Fsp3) is 0.462. The van der Waals surface area contributed by atoms with Crippen LogP contribution in [0.3, 0.4) is 0 Å². The molecule has 0 aromatic heterocycles. The first kappa shape index (κ1) is 11.1. The van der Waals surface area contributed by atoms with Crippen LogP contribution in [0.25, 0.3) is 0 Å². The number of hydrogen-bond donors (Lipinski definition) is 1. The highest BCUT2D eigenvalue weighted by molar-refractivity contribution is 5.90. The van der Waals surface area contributed by atoms with Crippen molar-refractivity contribution in [3.63, 3.8) is 0 Å². The standard InChI is InChI=1S/C13H16O3/c1-12(2)9-7-5-6-8(11(14)15)10(9)13(3,4)16-12/h5-7H,1-4H3,(H,14,15). The SMILES string of the molecule is CC1(C)OC(C)(C)c2c(C(=O)O)cccc21. The molecule has 1 N–H and O–H groups in total. The largest absolute Gasteiger partial charge is 0.478 e. The Kier molecular flexibility index (Phi) is 2.14. The molecular formula is C13H16O3. The minimum Gasteiger partial charge on any atom is -0.478 e. The number of carboxylic acid groups (broad SMARTS) is 1. The van der Waals surface area contributed by atoms with Crippen molar-refractivity contribution in [1.29, 1.82) is 0 Å². The molecule has 2 rings (SSSR count). The van der Waals surface area contributed by atoms with Crippen LogP contribution in [-0.4, -0.2) is 11.1 Å². The zero-order chi connectivity index (χ0) is 12.1. The Bertz CT molecular complexity index is 458. The number of rotatable bonds is 1. The van der Waals surface area contributed by atoms with Crippen LogP contribution >= 0.6 is 0 Å². The second kappa shape index (κ2) is 3.08. The third-order valence-corrected chi connectivity index (χ3v) is 3.06. The molecule has 1 heterocycles. The Hall–Kier alpha value is -1.35. The van der Waals surface area contributed by atoms with Gasteiger partial charge in [0.1, 0.15) is 0 Å². The molecule has 0 spiro atoms. The molecule has 1 aliphatic heterocycles. The average Bonchev–Trinajstić information content (AvgIpc) is 2.33. The van der Waals surface area contributed by atoms with Gasteiger partial charge in [0.2, 0.25) is 0 Å². The molecule has 0 unspecified atom stereocenters. The minimum atomic E-state index is -0.897. The van der Waals surface area contributed by atoms with Gasteiger partial charge < -0.3 is 9.84 Å². The van der Waals surface area contributed by atoms with Gasteiger partial charge in [-0.2, -0.15) is 0 Å². The van der Waals surface area contributed by atoms with Gasteiger partial charge in [-0.1, -0.05) is 12.1 Å². The lowest BCUT2D eigenvalue weighted by Crippen LogP contribution is -2.23. The van der Waals surface area contributed by atoms with Gasteiger partial charge in [0, 0.05) is 5.56 Å². The predicted molar refractivity (Wildman–Crippen MR) is 60.5 cm³/mol.